The summed E-state index contributed by atoms with van der Waals surface area (Å²) >= 11 is 0. The molecule has 2 amide bonds. The molecule has 0 spiro atoms. The molecule has 0 radical (unpaired) electrons. The van der Waals surface area contributed by atoms with Gasteiger partial charge in [-0.15, -0.1) is 0 Å². The van der Waals surface area contributed by atoms with Gasteiger partial charge in [-0.05, 0) is 42.9 Å². The first-order valence-electron chi connectivity index (χ1n) is 9.08. The third-order valence-electron chi connectivity index (χ3n) is 4.63. The highest BCUT2D eigenvalue weighted by Gasteiger charge is 2.23. The number of carbonyl (C=O) groups excluding carboxylic acids is 2. The highest BCUT2D eigenvalue weighted by Crippen LogP contribution is 2.19. The van der Waals surface area contributed by atoms with Gasteiger partial charge in [-0.2, -0.15) is 0 Å². The fraction of sp³-hybridized carbons (Fsp3) is 0.526. The largest absolute Gasteiger partial charge is 0.370 e. The van der Waals surface area contributed by atoms with Crippen molar-refractivity contribution < 1.29 is 9.59 Å². The lowest BCUT2D eigenvalue weighted by molar-refractivity contribution is -0.119. The van der Waals surface area contributed by atoms with E-state index >= 15 is 0 Å². The van der Waals surface area contributed by atoms with E-state index in [1.807, 2.05) is 18.2 Å². The average Bonchev–Trinajstić information content (AvgIpc) is 2.64. The smallest absolute Gasteiger partial charge is 0.251 e. The number of nitrogens with zero attached hydrogens (tertiary/aromatic N) is 2. The molecule has 142 valence electrons. The van der Waals surface area contributed by atoms with E-state index in [-0.39, 0.29) is 11.8 Å². The Labute approximate surface area is 155 Å². The van der Waals surface area contributed by atoms with E-state index in [1.54, 1.807) is 20.2 Å². The van der Waals surface area contributed by atoms with Crippen LogP contribution in [0.15, 0.2) is 29.3 Å². The topological polar surface area (TPSA) is 99.8 Å². The molecule has 7 heteroatoms. The summed E-state index contributed by atoms with van der Waals surface area (Å²) in [6, 6.07) is 7.63. The van der Waals surface area contributed by atoms with Crippen molar-refractivity contribution in [2.45, 2.75) is 25.7 Å². The maximum atomic E-state index is 11.7. The molecule has 0 aromatic heterocycles. The molecular weight excluding hydrogens is 330 g/mol. The standard InChI is InChI=1S/C19H29N5O2/c1-21-18(26)16-7-3-5-14(11-16)8-9-23-19(22-2)24-10-4-6-15(13-24)12-17(20)25/h3,5,7,11,15H,4,6,8-10,12-13H2,1-2H3,(H2,20,25)(H,21,26)(H,22,23). The maximum Gasteiger partial charge on any atom is 0.251 e. The summed E-state index contributed by atoms with van der Waals surface area (Å²) in [4.78, 5) is 29.5. The number of primary amides is 1. The van der Waals surface area contributed by atoms with E-state index in [2.05, 4.69) is 20.5 Å². The molecule has 0 aliphatic carbocycles. The van der Waals surface area contributed by atoms with Crippen molar-refractivity contribution >= 4 is 17.8 Å². The lowest BCUT2D eigenvalue weighted by Gasteiger charge is -2.34. The number of benzene rings is 1. The zero-order valence-electron chi connectivity index (χ0n) is 15.6. The Bertz CT molecular complexity index is 659. The minimum atomic E-state index is -0.240. The second kappa shape index (κ2) is 9.79. The predicted molar refractivity (Wildman–Crippen MR) is 103 cm³/mol. The van der Waals surface area contributed by atoms with Crippen LogP contribution in [0.5, 0.6) is 0 Å². The van der Waals surface area contributed by atoms with Crippen molar-refractivity contribution in [3.8, 4) is 0 Å². The molecule has 1 heterocycles. The average molecular weight is 359 g/mol. The van der Waals surface area contributed by atoms with Gasteiger partial charge in [0.15, 0.2) is 5.96 Å². The Morgan fingerprint density at radius 1 is 1.38 bits per heavy atom. The van der Waals surface area contributed by atoms with Crippen LogP contribution in [0.25, 0.3) is 0 Å². The van der Waals surface area contributed by atoms with Gasteiger partial charge in [0, 0.05) is 45.7 Å². The fourth-order valence-electron chi connectivity index (χ4n) is 3.37. The van der Waals surface area contributed by atoms with Gasteiger partial charge in [-0.1, -0.05) is 12.1 Å². The summed E-state index contributed by atoms with van der Waals surface area (Å²) in [5, 5.41) is 6.02. The van der Waals surface area contributed by atoms with Gasteiger partial charge in [-0.3, -0.25) is 14.6 Å². The molecule has 1 aromatic rings. The predicted octanol–water partition coefficient (Wildman–Crippen LogP) is 0.752. The monoisotopic (exact) mass is 359 g/mol. The number of hydrogen-bond acceptors (Lipinski definition) is 3. The SMILES string of the molecule is CN=C(NCCc1cccc(C(=O)NC)c1)N1CCCC(CC(N)=O)C1. The van der Waals surface area contributed by atoms with Crippen LogP contribution >= 0.6 is 0 Å². The lowest BCUT2D eigenvalue weighted by atomic mass is 9.95. The molecule has 0 bridgehead atoms. The number of carbonyl (C=O) groups is 2. The van der Waals surface area contributed by atoms with E-state index < -0.39 is 0 Å². The number of aliphatic imine (C=N–C) groups is 1. The Hall–Kier alpha value is -2.57. The highest BCUT2D eigenvalue weighted by atomic mass is 16.1. The van der Waals surface area contributed by atoms with Gasteiger partial charge in [-0.25, -0.2) is 0 Å². The minimum absolute atomic E-state index is 0.0792. The van der Waals surface area contributed by atoms with Crippen LogP contribution in [0.3, 0.4) is 0 Å². The third-order valence-corrected chi connectivity index (χ3v) is 4.63. The number of guanidine groups is 1. The summed E-state index contributed by atoms with van der Waals surface area (Å²) in [7, 11) is 3.40. The first kappa shape index (κ1) is 19.8. The first-order chi connectivity index (χ1) is 12.5. The molecular formula is C19H29N5O2. The van der Waals surface area contributed by atoms with E-state index in [1.165, 1.54) is 0 Å². The van der Waals surface area contributed by atoms with Crippen LogP contribution in [0.4, 0.5) is 0 Å². The van der Waals surface area contributed by atoms with Crippen molar-refractivity contribution in [3.63, 3.8) is 0 Å². The molecule has 1 atom stereocenters. The second-order valence-corrected chi connectivity index (χ2v) is 6.63. The Morgan fingerprint density at radius 3 is 2.88 bits per heavy atom. The normalized spacial score (nSPS) is 17.7. The fourth-order valence-corrected chi connectivity index (χ4v) is 3.37. The Morgan fingerprint density at radius 2 is 2.19 bits per heavy atom. The number of nitrogens with one attached hydrogen (secondary N) is 2. The molecule has 1 aromatic carbocycles. The minimum Gasteiger partial charge on any atom is -0.370 e. The summed E-state index contributed by atoms with van der Waals surface area (Å²) < 4.78 is 0. The van der Waals surface area contributed by atoms with Gasteiger partial charge in [0.25, 0.3) is 5.91 Å². The molecule has 1 unspecified atom stereocenters. The van der Waals surface area contributed by atoms with E-state index in [0.717, 1.165) is 50.4 Å². The molecule has 4 N–H and O–H groups in total. The molecule has 1 fully saturated rings. The van der Waals surface area contributed by atoms with Crippen LogP contribution < -0.4 is 16.4 Å². The number of likely N-dealkylation sites (tertiary alicyclic amines) is 1. The summed E-state index contributed by atoms with van der Waals surface area (Å²) in [6.45, 7) is 2.46. The molecule has 2 rings (SSSR count). The zero-order chi connectivity index (χ0) is 18.9. The first-order valence-corrected chi connectivity index (χ1v) is 9.08. The van der Waals surface area contributed by atoms with E-state index in [9.17, 15) is 9.59 Å². The third kappa shape index (κ3) is 5.75. The Kier molecular flexibility index (Phi) is 7.44. The Balaban J connectivity index is 1.87. The molecule has 1 aliphatic rings. The zero-order valence-corrected chi connectivity index (χ0v) is 15.6. The molecule has 0 saturated carbocycles. The van der Waals surface area contributed by atoms with Gasteiger partial charge < -0.3 is 21.3 Å². The van der Waals surface area contributed by atoms with Gasteiger partial charge in [0.05, 0.1) is 0 Å². The van der Waals surface area contributed by atoms with Crippen molar-refractivity contribution in [1.82, 2.24) is 15.5 Å². The van der Waals surface area contributed by atoms with E-state index in [0.29, 0.717) is 17.9 Å². The quantitative estimate of drug-likeness (QED) is 0.515. The van der Waals surface area contributed by atoms with E-state index in [4.69, 9.17) is 5.73 Å². The van der Waals surface area contributed by atoms with Crippen molar-refractivity contribution in [2.75, 3.05) is 33.7 Å². The second-order valence-electron chi connectivity index (χ2n) is 6.63. The maximum absolute atomic E-state index is 11.7. The molecule has 7 nitrogen and oxygen atoms in total. The lowest BCUT2D eigenvalue weighted by Crippen LogP contribution is -2.47. The van der Waals surface area contributed by atoms with Gasteiger partial charge in [0.2, 0.25) is 5.91 Å². The molecule has 26 heavy (non-hydrogen) atoms. The van der Waals surface area contributed by atoms with Crippen LogP contribution in [0.2, 0.25) is 0 Å². The molecule has 1 saturated heterocycles. The summed E-state index contributed by atoms with van der Waals surface area (Å²) in [6.07, 6.45) is 3.29. The van der Waals surface area contributed by atoms with Crippen LogP contribution in [-0.4, -0.2) is 56.4 Å². The van der Waals surface area contributed by atoms with Crippen LogP contribution in [0, 0.1) is 5.92 Å². The number of hydrogen-bond donors (Lipinski definition) is 3. The summed E-state index contributed by atoms with van der Waals surface area (Å²) in [5.74, 6) is 0.825. The van der Waals surface area contributed by atoms with Crippen molar-refractivity contribution in [2.24, 2.45) is 16.6 Å². The molecule has 1 aliphatic heterocycles. The number of nitrogens with two attached hydrogens (primary N) is 1. The van der Waals surface area contributed by atoms with Gasteiger partial charge >= 0.3 is 0 Å². The van der Waals surface area contributed by atoms with Crippen molar-refractivity contribution in [1.29, 1.82) is 0 Å². The number of piperidine rings is 1. The number of amides is 2. The number of rotatable bonds is 6. The van der Waals surface area contributed by atoms with Crippen LogP contribution in [0.1, 0.15) is 35.2 Å². The summed E-state index contributed by atoms with van der Waals surface area (Å²) in [5.41, 5.74) is 7.10. The van der Waals surface area contributed by atoms with Gasteiger partial charge in [0.1, 0.15) is 0 Å². The highest BCUT2D eigenvalue weighted by molar-refractivity contribution is 5.94. The van der Waals surface area contributed by atoms with Crippen molar-refractivity contribution in [3.05, 3.63) is 35.4 Å². The van der Waals surface area contributed by atoms with Crippen LogP contribution in [-0.2, 0) is 11.2 Å².